The first kappa shape index (κ1) is 21.8. The van der Waals surface area contributed by atoms with Gasteiger partial charge < -0.3 is 10.6 Å². The zero-order valence-electron chi connectivity index (χ0n) is 17.4. The van der Waals surface area contributed by atoms with Gasteiger partial charge in [0.1, 0.15) is 4.83 Å². The summed E-state index contributed by atoms with van der Waals surface area (Å²) in [4.78, 5) is 42.7. The summed E-state index contributed by atoms with van der Waals surface area (Å²) in [5, 5.41) is 6.52. The van der Waals surface area contributed by atoms with Crippen LogP contribution in [0.15, 0.2) is 70.6 Å². The number of aromatic nitrogens is 2. The van der Waals surface area contributed by atoms with E-state index in [1.165, 1.54) is 34.6 Å². The van der Waals surface area contributed by atoms with Crippen LogP contribution in [0, 0.1) is 0 Å². The normalized spacial score (nSPS) is 10.8. The van der Waals surface area contributed by atoms with Crippen LogP contribution >= 0.6 is 23.1 Å². The number of hydrogen-bond acceptors (Lipinski definition) is 6. The standard InChI is InChI=1S/C23H20N4O3S2/c1-14(28)24-16-9-6-10-17(11-16)25-20(29)13-31-23-26-21-18(22(30)27(23)2)12-19(32-21)15-7-4-3-5-8-15/h3-12H,13H2,1-2H3,(H,24,28)(H,25,29). The van der Waals surface area contributed by atoms with Crippen molar-refractivity contribution in [3.8, 4) is 10.4 Å². The van der Waals surface area contributed by atoms with Gasteiger partial charge in [-0.25, -0.2) is 4.98 Å². The summed E-state index contributed by atoms with van der Waals surface area (Å²) < 4.78 is 1.47. The molecule has 0 aliphatic rings. The monoisotopic (exact) mass is 464 g/mol. The molecule has 0 aliphatic heterocycles. The highest BCUT2D eigenvalue weighted by atomic mass is 32.2. The number of nitrogens with zero attached hydrogens (tertiary/aromatic N) is 2. The lowest BCUT2D eigenvalue weighted by atomic mass is 10.2. The molecule has 2 heterocycles. The van der Waals surface area contributed by atoms with Crippen molar-refractivity contribution in [2.45, 2.75) is 12.1 Å². The largest absolute Gasteiger partial charge is 0.326 e. The molecule has 2 amide bonds. The van der Waals surface area contributed by atoms with Gasteiger partial charge in [-0.15, -0.1) is 11.3 Å². The zero-order valence-corrected chi connectivity index (χ0v) is 19.0. The molecule has 0 unspecified atom stereocenters. The number of thioether (sulfide) groups is 1. The molecule has 7 nitrogen and oxygen atoms in total. The van der Waals surface area contributed by atoms with E-state index in [4.69, 9.17) is 0 Å². The van der Waals surface area contributed by atoms with Crippen molar-refractivity contribution in [3.63, 3.8) is 0 Å². The maximum atomic E-state index is 12.8. The SMILES string of the molecule is CC(=O)Nc1cccc(NC(=O)CSc2nc3sc(-c4ccccc4)cc3c(=O)n2C)c1. The van der Waals surface area contributed by atoms with Crippen LogP contribution < -0.4 is 16.2 Å². The smallest absolute Gasteiger partial charge is 0.262 e. The second kappa shape index (κ2) is 9.37. The first-order valence-corrected chi connectivity index (χ1v) is 11.6. The molecule has 0 spiro atoms. The predicted molar refractivity (Wildman–Crippen MR) is 130 cm³/mol. The molecule has 0 atom stereocenters. The molecule has 9 heteroatoms. The molecule has 2 aromatic heterocycles. The zero-order chi connectivity index (χ0) is 22.7. The van der Waals surface area contributed by atoms with Crippen molar-refractivity contribution < 1.29 is 9.59 Å². The van der Waals surface area contributed by atoms with E-state index in [1.54, 1.807) is 31.3 Å². The number of benzene rings is 2. The Morgan fingerprint density at radius 3 is 2.47 bits per heavy atom. The van der Waals surface area contributed by atoms with Gasteiger partial charge in [-0.1, -0.05) is 48.2 Å². The van der Waals surface area contributed by atoms with Crippen LogP contribution in [0.3, 0.4) is 0 Å². The van der Waals surface area contributed by atoms with Crippen molar-refractivity contribution in [2.75, 3.05) is 16.4 Å². The summed E-state index contributed by atoms with van der Waals surface area (Å²) in [6.45, 7) is 1.42. The highest BCUT2D eigenvalue weighted by Gasteiger charge is 2.14. The summed E-state index contributed by atoms with van der Waals surface area (Å²) in [5.74, 6) is -0.330. The van der Waals surface area contributed by atoms with E-state index in [9.17, 15) is 14.4 Å². The van der Waals surface area contributed by atoms with E-state index >= 15 is 0 Å². The summed E-state index contributed by atoms with van der Waals surface area (Å²) in [5.41, 5.74) is 2.07. The number of amides is 2. The molecular formula is C23H20N4O3S2. The number of anilines is 2. The number of thiophene rings is 1. The molecule has 0 saturated carbocycles. The maximum Gasteiger partial charge on any atom is 0.262 e. The van der Waals surface area contributed by atoms with Crippen molar-refractivity contribution in [1.82, 2.24) is 9.55 Å². The van der Waals surface area contributed by atoms with Crippen molar-refractivity contribution in [3.05, 3.63) is 71.0 Å². The fraction of sp³-hybridized carbons (Fsp3) is 0.130. The Labute approximate surface area is 192 Å². The number of hydrogen-bond donors (Lipinski definition) is 2. The lowest BCUT2D eigenvalue weighted by Crippen LogP contribution is -2.20. The molecule has 2 aromatic carbocycles. The molecule has 0 fully saturated rings. The number of fused-ring (bicyclic) bond motifs is 1. The summed E-state index contributed by atoms with van der Waals surface area (Å²) in [6, 6.07) is 18.6. The summed E-state index contributed by atoms with van der Waals surface area (Å²) in [6.07, 6.45) is 0. The van der Waals surface area contributed by atoms with E-state index in [2.05, 4.69) is 15.6 Å². The van der Waals surface area contributed by atoms with Crippen LogP contribution in [0.4, 0.5) is 11.4 Å². The molecule has 0 bridgehead atoms. The first-order valence-electron chi connectivity index (χ1n) is 9.77. The van der Waals surface area contributed by atoms with Gasteiger partial charge in [0.2, 0.25) is 11.8 Å². The fourth-order valence-electron chi connectivity index (χ4n) is 3.13. The Bertz CT molecular complexity index is 1360. The molecule has 0 radical (unpaired) electrons. The van der Waals surface area contributed by atoms with Gasteiger partial charge in [-0.3, -0.25) is 19.0 Å². The Morgan fingerprint density at radius 2 is 1.75 bits per heavy atom. The minimum atomic E-state index is -0.236. The third kappa shape index (κ3) is 4.90. The average Bonchev–Trinajstić information content (AvgIpc) is 3.20. The van der Waals surface area contributed by atoms with Crippen molar-refractivity contribution in [1.29, 1.82) is 0 Å². The molecule has 2 N–H and O–H groups in total. The fourth-order valence-corrected chi connectivity index (χ4v) is 4.98. The van der Waals surface area contributed by atoms with E-state index in [0.29, 0.717) is 26.7 Å². The third-order valence-corrected chi connectivity index (χ3v) is 6.70. The van der Waals surface area contributed by atoms with Crippen molar-refractivity contribution >= 4 is 56.5 Å². The van der Waals surface area contributed by atoms with Gasteiger partial charge in [-0.05, 0) is 29.8 Å². The van der Waals surface area contributed by atoms with E-state index in [0.717, 1.165) is 10.4 Å². The topological polar surface area (TPSA) is 93.1 Å². The van der Waals surface area contributed by atoms with Gasteiger partial charge in [0.15, 0.2) is 5.16 Å². The van der Waals surface area contributed by atoms with Gasteiger partial charge in [0.25, 0.3) is 5.56 Å². The van der Waals surface area contributed by atoms with Gasteiger partial charge >= 0.3 is 0 Å². The van der Waals surface area contributed by atoms with Crippen LogP contribution in [-0.2, 0) is 16.6 Å². The number of carbonyl (C=O) groups is 2. The van der Waals surface area contributed by atoms with Crippen LogP contribution in [0.1, 0.15) is 6.92 Å². The molecular weight excluding hydrogens is 444 g/mol. The minimum absolute atomic E-state index is 0.0903. The van der Waals surface area contributed by atoms with Crippen LogP contribution in [0.5, 0.6) is 0 Å². The highest BCUT2D eigenvalue weighted by Crippen LogP contribution is 2.32. The predicted octanol–water partition coefficient (Wildman–Crippen LogP) is 4.35. The second-order valence-corrected chi connectivity index (χ2v) is 9.03. The Hall–Kier alpha value is -3.43. The summed E-state index contributed by atoms with van der Waals surface area (Å²) >= 11 is 2.66. The Kier molecular flexibility index (Phi) is 6.38. The second-order valence-electron chi connectivity index (χ2n) is 7.05. The molecule has 0 saturated heterocycles. The third-order valence-electron chi connectivity index (χ3n) is 4.59. The van der Waals surface area contributed by atoms with Gasteiger partial charge in [-0.2, -0.15) is 0 Å². The Balaban J connectivity index is 1.49. The quantitative estimate of drug-likeness (QED) is 0.327. The number of carbonyl (C=O) groups excluding carboxylic acids is 2. The minimum Gasteiger partial charge on any atom is -0.326 e. The first-order chi connectivity index (χ1) is 15.4. The lowest BCUT2D eigenvalue weighted by molar-refractivity contribution is -0.114. The maximum absolute atomic E-state index is 12.8. The van der Waals surface area contributed by atoms with E-state index in [-0.39, 0.29) is 23.1 Å². The van der Waals surface area contributed by atoms with Crippen LogP contribution in [0.25, 0.3) is 20.7 Å². The molecule has 162 valence electrons. The molecule has 4 rings (SSSR count). The van der Waals surface area contributed by atoms with Gasteiger partial charge in [0, 0.05) is 30.2 Å². The highest BCUT2D eigenvalue weighted by molar-refractivity contribution is 7.99. The number of rotatable bonds is 6. The number of nitrogens with one attached hydrogen (secondary N) is 2. The summed E-state index contributed by atoms with van der Waals surface area (Å²) in [7, 11) is 1.66. The molecule has 0 aliphatic carbocycles. The molecule has 4 aromatic rings. The average molecular weight is 465 g/mol. The lowest BCUT2D eigenvalue weighted by Gasteiger charge is -2.09. The van der Waals surface area contributed by atoms with Crippen LogP contribution in [-0.4, -0.2) is 27.1 Å². The van der Waals surface area contributed by atoms with Gasteiger partial charge in [0.05, 0.1) is 11.1 Å². The van der Waals surface area contributed by atoms with Crippen molar-refractivity contribution in [2.24, 2.45) is 7.05 Å². The van der Waals surface area contributed by atoms with Crippen LogP contribution in [0.2, 0.25) is 0 Å². The van der Waals surface area contributed by atoms with E-state index in [1.807, 2.05) is 36.4 Å². The molecule has 32 heavy (non-hydrogen) atoms. The Morgan fingerprint density at radius 1 is 1.03 bits per heavy atom. The van der Waals surface area contributed by atoms with E-state index < -0.39 is 0 Å².